The van der Waals surface area contributed by atoms with Crippen LogP contribution in [0.4, 0.5) is 26.3 Å². The van der Waals surface area contributed by atoms with Crippen LogP contribution in [0.25, 0.3) is 0 Å². The second kappa shape index (κ2) is 9.33. The summed E-state index contributed by atoms with van der Waals surface area (Å²) in [7, 11) is -7.56. The molecule has 0 N–H and O–H groups in total. The molecule has 0 amide bonds. The Labute approximate surface area is 125 Å². The lowest BCUT2D eigenvalue weighted by Crippen LogP contribution is -2.52. The van der Waals surface area contributed by atoms with E-state index < -0.39 is 63.9 Å². The van der Waals surface area contributed by atoms with Crippen LogP contribution >= 0.6 is 0 Å². The number of rotatable bonds is 10. The van der Waals surface area contributed by atoms with Gasteiger partial charge >= 0.3 is 8.56 Å². The molecule has 0 aromatic heterocycles. The largest absolute Gasteiger partial charge is 0.439 e. The zero-order valence-electron chi connectivity index (χ0n) is 12.5. The van der Waals surface area contributed by atoms with E-state index in [-0.39, 0.29) is 0 Å². The molecule has 0 heterocycles. The van der Waals surface area contributed by atoms with E-state index in [1.807, 2.05) is 0 Å². The Morgan fingerprint density at radius 1 is 0.714 bits per heavy atom. The molecule has 128 valence electrons. The molecule has 0 rings (SSSR count). The van der Waals surface area contributed by atoms with E-state index in [1.54, 1.807) is 26.2 Å². The fourth-order valence-electron chi connectivity index (χ4n) is 1.94. The molecule has 0 saturated heterocycles. The molecule has 0 fully saturated rings. The van der Waals surface area contributed by atoms with E-state index in [1.165, 1.54) is 0 Å². The summed E-state index contributed by atoms with van der Waals surface area (Å²) in [6.45, 7) is 6.72. The Hall–Kier alpha value is 0.151. The molecule has 0 aliphatic rings. The monoisotopic (exact) mass is 372 g/mol. The minimum atomic E-state index is -3.76. The average Bonchev–Trinajstić information content (AvgIpc) is 2.25. The molecule has 0 aromatic carbocycles. The number of alkyl halides is 6. The van der Waals surface area contributed by atoms with Gasteiger partial charge in [0.25, 0.3) is 12.9 Å². The predicted octanol–water partition coefficient (Wildman–Crippen LogP) is 3.64. The van der Waals surface area contributed by atoms with E-state index in [2.05, 4.69) is 0 Å². The molecule has 2 unspecified atom stereocenters. The van der Waals surface area contributed by atoms with Crippen molar-refractivity contribution in [1.82, 2.24) is 0 Å². The quantitative estimate of drug-likeness (QED) is 0.431. The summed E-state index contributed by atoms with van der Waals surface area (Å²) in [6, 6.07) is -1.62. The van der Waals surface area contributed by atoms with Gasteiger partial charge in [-0.05, 0) is 26.2 Å². The first-order valence-corrected chi connectivity index (χ1v) is 14.5. The number of hydrogen-bond acceptors (Lipinski definition) is 2. The van der Waals surface area contributed by atoms with Crippen molar-refractivity contribution in [3.63, 3.8) is 0 Å². The van der Waals surface area contributed by atoms with Crippen molar-refractivity contribution in [2.24, 2.45) is 0 Å². The Morgan fingerprint density at radius 3 is 1.19 bits per heavy atom. The van der Waals surface area contributed by atoms with Gasteiger partial charge in [0.15, 0.2) is 30.4 Å². The van der Waals surface area contributed by atoms with Crippen LogP contribution in [-0.2, 0) is 8.23 Å². The van der Waals surface area contributed by atoms with Gasteiger partial charge in [-0.2, -0.15) is 0 Å². The summed E-state index contributed by atoms with van der Waals surface area (Å²) >= 11 is 0. The van der Waals surface area contributed by atoms with Crippen LogP contribution in [-0.4, -0.2) is 51.8 Å². The van der Waals surface area contributed by atoms with E-state index in [0.717, 1.165) is 0 Å². The zero-order chi connectivity index (χ0) is 16.8. The normalized spacial score (nSPS) is 16.3. The van der Waals surface area contributed by atoms with E-state index >= 15 is 0 Å². The molecule has 11 heteroatoms. The lowest BCUT2D eigenvalue weighted by atomic mass is 10.5. The van der Waals surface area contributed by atoms with Gasteiger partial charge in [0.1, 0.15) is 0 Å². The molecular formula is C10H22F6O2Si3. The highest BCUT2D eigenvalue weighted by Gasteiger charge is 2.47. The second-order valence-electron chi connectivity index (χ2n) is 5.35. The topological polar surface area (TPSA) is 18.5 Å². The van der Waals surface area contributed by atoms with Gasteiger partial charge < -0.3 is 8.23 Å². The first-order valence-electron chi connectivity index (χ1n) is 6.69. The first-order chi connectivity index (χ1) is 9.49. The molecular weight excluding hydrogens is 350 g/mol. The summed E-state index contributed by atoms with van der Waals surface area (Å²) in [6.07, 6.45) is -11.6. The maximum Gasteiger partial charge on any atom is 0.323 e. The highest BCUT2D eigenvalue weighted by molar-refractivity contribution is 6.80. The zero-order valence-corrected chi connectivity index (χ0v) is 15.8. The fraction of sp³-hybridized carbons (Fsp3) is 1.00. The molecule has 2 nitrogen and oxygen atoms in total. The lowest BCUT2D eigenvalue weighted by Gasteiger charge is -2.36. The minimum Gasteiger partial charge on any atom is -0.439 e. The van der Waals surface area contributed by atoms with Gasteiger partial charge in [-0.25, -0.2) is 26.3 Å². The van der Waals surface area contributed by atoms with Crippen LogP contribution in [0.3, 0.4) is 0 Å². The van der Waals surface area contributed by atoms with Gasteiger partial charge in [-0.3, -0.25) is 0 Å². The highest BCUT2D eigenvalue weighted by Crippen LogP contribution is 2.31. The van der Waals surface area contributed by atoms with Crippen molar-refractivity contribution in [3.8, 4) is 0 Å². The summed E-state index contributed by atoms with van der Waals surface area (Å²) in [5.41, 5.74) is 0. The maximum atomic E-state index is 13.4. The summed E-state index contributed by atoms with van der Waals surface area (Å²) in [4.78, 5) is 0. The molecule has 0 saturated carbocycles. The molecule has 0 aromatic rings. The molecule has 0 radical (unpaired) electrons. The lowest BCUT2D eigenvalue weighted by molar-refractivity contribution is 0.0479. The number of hydrogen-bond donors (Lipinski definition) is 0. The molecule has 0 aliphatic heterocycles. The SMILES string of the molecule is C[SiH](C)O[Si](CC(F)C(F)F)(CC(F)C(F)F)O[SiH](C)C. The maximum absolute atomic E-state index is 13.4. The van der Waals surface area contributed by atoms with Crippen LogP contribution in [0.5, 0.6) is 0 Å². The van der Waals surface area contributed by atoms with E-state index in [0.29, 0.717) is 0 Å². The third kappa shape index (κ3) is 8.38. The minimum absolute atomic E-state index is 0.811. The van der Waals surface area contributed by atoms with Crippen molar-refractivity contribution in [3.05, 3.63) is 0 Å². The third-order valence-corrected chi connectivity index (χ3v) is 11.7. The van der Waals surface area contributed by atoms with Gasteiger partial charge in [-0.15, -0.1) is 0 Å². The Morgan fingerprint density at radius 2 is 1.00 bits per heavy atom. The van der Waals surface area contributed by atoms with Crippen LogP contribution in [0.2, 0.25) is 38.3 Å². The fourth-order valence-corrected chi connectivity index (χ4v) is 12.8. The molecule has 0 aliphatic carbocycles. The van der Waals surface area contributed by atoms with Crippen LogP contribution < -0.4 is 0 Å². The summed E-state index contributed by atoms with van der Waals surface area (Å²) < 4.78 is 87.7. The Balaban J connectivity index is 5.29. The van der Waals surface area contributed by atoms with Crippen LogP contribution in [0.1, 0.15) is 0 Å². The summed E-state index contributed by atoms with van der Waals surface area (Å²) in [5.74, 6) is 0. The smallest absolute Gasteiger partial charge is 0.323 e. The molecule has 21 heavy (non-hydrogen) atoms. The second-order valence-corrected chi connectivity index (χ2v) is 14.1. The van der Waals surface area contributed by atoms with Crippen LogP contribution in [0.15, 0.2) is 0 Å². The molecule has 0 spiro atoms. The first kappa shape index (κ1) is 21.2. The van der Waals surface area contributed by atoms with Crippen molar-refractivity contribution in [2.45, 2.75) is 63.5 Å². The van der Waals surface area contributed by atoms with Gasteiger partial charge in [0.05, 0.1) is 0 Å². The predicted molar refractivity (Wildman–Crippen MR) is 77.1 cm³/mol. The van der Waals surface area contributed by atoms with Crippen molar-refractivity contribution >= 4 is 26.6 Å². The van der Waals surface area contributed by atoms with E-state index in [9.17, 15) is 26.3 Å². The van der Waals surface area contributed by atoms with Gasteiger partial charge in [0.2, 0.25) is 0 Å². The Kier molecular flexibility index (Phi) is 9.39. The number of halogens is 6. The Bertz CT molecular complexity index is 268. The van der Waals surface area contributed by atoms with E-state index in [4.69, 9.17) is 8.23 Å². The van der Waals surface area contributed by atoms with Crippen molar-refractivity contribution in [1.29, 1.82) is 0 Å². The van der Waals surface area contributed by atoms with Gasteiger partial charge in [-0.1, -0.05) is 0 Å². The van der Waals surface area contributed by atoms with Crippen LogP contribution in [0, 0.1) is 0 Å². The third-order valence-electron chi connectivity index (χ3n) is 2.46. The molecule has 2 atom stereocenters. The van der Waals surface area contributed by atoms with Crippen molar-refractivity contribution in [2.75, 3.05) is 0 Å². The molecule has 0 bridgehead atoms. The average molecular weight is 373 g/mol. The van der Waals surface area contributed by atoms with Crippen molar-refractivity contribution < 1.29 is 34.6 Å². The van der Waals surface area contributed by atoms with Gasteiger partial charge in [0, 0.05) is 12.1 Å². The standard InChI is InChI=1S/C10H22F6O2Si3/c1-19(2)17-21(18-20(3)4,5-7(11)9(13)14)6-8(12)10(15)16/h7-10,19-20H,5-6H2,1-4H3. The summed E-state index contributed by atoms with van der Waals surface area (Å²) in [5, 5.41) is 0. The highest BCUT2D eigenvalue weighted by atomic mass is 28.5.